The van der Waals surface area contributed by atoms with Gasteiger partial charge in [-0.3, -0.25) is 101 Å². The molecule has 4 aliphatic rings. The van der Waals surface area contributed by atoms with Gasteiger partial charge in [0.1, 0.15) is 84.6 Å². The highest BCUT2D eigenvalue weighted by Crippen LogP contribution is 2.30. The van der Waals surface area contributed by atoms with Crippen molar-refractivity contribution in [1.29, 1.82) is 0 Å². The van der Waals surface area contributed by atoms with E-state index in [2.05, 4.69) is 98.6 Å². The van der Waals surface area contributed by atoms with Gasteiger partial charge < -0.3 is 137 Å². The highest BCUT2D eigenvalue weighted by atomic mass is 16.4. The smallest absolute Gasteiger partial charge is 0.303 e. The van der Waals surface area contributed by atoms with Crippen molar-refractivity contribution < 1.29 is 116 Å². The number of nitrogens with one attached hydrogen (secondary N) is 16. The van der Waals surface area contributed by atoms with Crippen LogP contribution in [0.1, 0.15) is 202 Å². The Morgan fingerprint density at radius 2 is 0.924 bits per heavy atom. The van der Waals surface area contributed by atoms with Crippen molar-refractivity contribution in [2.24, 2.45) is 40.9 Å². The van der Waals surface area contributed by atoms with E-state index in [0.29, 0.717) is 72.9 Å². The number of unbranched alkanes of at least 4 members (excludes halogenated alkanes) is 1. The van der Waals surface area contributed by atoms with Gasteiger partial charge in [0, 0.05) is 68.6 Å². The molecule has 4 fully saturated rings. The second-order valence-corrected chi connectivity index (χ2v) is 38.5. The summed E-state index contributed by atoms with van der Waals surface area (Å²) in [5.74, 6) is -18.9. The first-order chi connectivity index (χ1) is 68.4. The minimum Gasteiger partial charge on any atom is -0.481 e. The largest absolute Gasteiger partial charge is 0.481 e. The monoisotopic (exact) mass is 2020 g/mol. The molecule has 0 radical (unpaired) electrons. The molecule has 144 heavy (non-hydrogen) atoms. The Morgan fingerprint density at radius 1 is 0.438 bits per heavy atom. The number of nitrogens with two attached hydrogens (primary N) is 3. The first kappa shape index (κ1) is 118. The number of carboxylic acid groups (broad SMARTS) is 1. The topological polar surface area (TPSA) is 706 Å². The van der Waals surface area contributed by atoms with E-state index >= 15 is 9.59 Å². The molecule has 47 heteroatoms. The molecular weight excluding hydrogens is 1870 g/mol. The third-order valence-electron chi connectivity index (χ3n) is 26.1. The summed E-state index contributed by atoms with van der Waals surface area (Å²) in [6.07, 6.45) is 4.55. The number of aliphatic hydroxyl groups is 2. The summed E-state index contributed by atoms with van der Waals surface area (Å²) >= 11 is 0. The molecule has 18 atom stereocenters. The fourth-order valence-electron chi connectivity index (χ4n) is 18.0. The molecule has 1 aromatic heterocycles. The number of likely N-dealkylation sites (tertiary alicyclic amines) is 4. The Labute approximate surface area is 837 Å². The second kappa shape index (κ2) is 58.5. The number of hydrogen-bond donors (Lipinski definition) is 22. The molecule has 4 aliphatic heterocycles. The van der Waals surface area contributed by atoms with Crippen LogP contribution in [0.3, 0.4) is 0 Å². The lowest BCUT2D eigenvalue weighted by Gasteiger charge is -2.34. The third-order valence-corrected chi connectivity index (χ3v) is 26.1. The molecule has 4 unspecified atom stereocenters. The van der Waals surface area contributed by atoms with E-state index in [4.69, 9.17) is 17.2 Å². The molecule has 4 saturated heterocycles. The number of hydrogen-bond acceptors (Lipinski definition) is 25. The fourth-order valence-corrected chi connectivity index (χ4v) is 18.0. The summed E-state index contributed by atoms with van der Waals surface area (Å²) < 4.78 is 0. The zero-order valence-electron chi connectivity index (χ0n) is 83.9. The van der Waals surface area contributed by atoms with E-state index in [1.165, 1.54) is 21.6 Å². The van der Waals surface area contributed by atoms with Crippen molar-refractivity contribution in [3.05, 3.63) is 71.9 Å². The van der Waals surface area contributed by atoms with Crippen LogP contribution in [0.2, 0.25) is 0 Å². The maximum absolute atomic E-state index is 15.2. The Kier molecular flexibility index (Phi) is 47.8. The Balaban J connectivity index is 0.926. The van der Waals surface area contributed by atoms with Gasteiger partial charge >= 0.3 is 5.97 Å². The molecular formula is C97H149N23O24. The zero-order valence-corrected chi connectivity index (χ0v) is 83.9. The quantitative estimate of drug-likeness (QED) is 0.0237. The number of nitrogens with zero attached hydrogens (tertiary/aromatic N) is 4. The predicted octanol–water partition coefficient (Wildman–Crippen LogP) is -4.49. The average molecular weight is 2020 g/mol. The molecule has 0 saturated carbocycles. The van der Waals surface area contributed by atoms with Gasteiger partial charge in [-0.05, 0) is 158 Å². The third kappa shape index (κ3) is 36.2. The van der Waals surface area contributed by atoms with Gasteiger partial charge in [-0.2, -0.15) is 0 Å². The van der Waals surface area contributed by atoms with Gasteiger partial charge in [0.05, 0.1) is 51.9 Å². The number of fused-ring (bicyclic) bond motifs is 1. The molecule has 5 heterocycles. The first-order valence-corrected chi connectivity index (χ1v) is 49.8. The van der Waals surface area contributed by atoms with Gasteiger partial charge in [-0.15, -0.1) is 0 Å². The molecule has 0 bridgehead atoms. The van der Waals surface area contributed by atoms with Crippen molar-refractivity contribution in [2.45, 2.75) is 301 Å². The summed E-state index contributed by atoms with van der Waals surface area (Å²) in [6.45, 7) is 14.2. The molecule has 3 aromatic rings. The number of H-pyrrole nitrogens is 1. The number of amides is 20. The lowest BCUT2D eigenvalue weighted by Crippen LogP contribution is -2.61. The number of primary amides is 2. The number of aliphatic carboxylic acids is 1. The Hall–Kier alpha value is -13.3. The number of carbonyl (C=O) groups is 21. The summed E-state index contributed by atoms with van der Waals surface area (Å²) in [5.41, 5.74) is 18.6. The standard InChI is InChI=1S/C97H149N23O24/c1-11-55(7)42-57(9)106-65(40-53(3)4)88(135)112-67(43-59-24-14-13-15-25-59)91(138)116-82(56(8)12-2)94(141)110-64(33-34-81(128)129)87(134)113-68(44-60-46-101-62-27-17-16-26-61(60)62)90(137)111-66(41-54(5)6)89(136)109-63(28-18-19-35-98)86(133)114-69(45-76(99)123)84(131)103-47-77(124)102-50-80(127)117-36-20-29-72(117)92(139)105-49-79(126)108-71(52-122)85(132)104-48-78(125)107-58(10)95(142)119-38-22-31-74(119)97(144)120-39-23-32-75(120)96(143)118-37-21-30-73(118)93(140)115-70(51-121)83(100)130/h13-17,24-27,46,53-58,63-75,82,101,106,121-122H,11-12,18-23,28-45,47-52,98H2,1-10H3,(H2,99,123)(H2,100,130)(H,102,124)(H,103,131)(H,104,132)(H,105,139)(H,107,125)(H,108,126)(H,109,136)(H,110,141)(H,111,137)(H,112,135)(H,113,134)(H,114,133)(H,115,140)(H,116,138)(H,128,129)/t55?,56?,57-,58-,63-,64-,65-,66-,67-,68-,69-,70-,71?,72?,73-,74-,75-,82-/m0/s1. The van der Waals surface area contributed by atoms with Crippen LogP contribution in [-0.2, 0) is 114 Å². The predicted molar refractivity (Wildman–Crippen MR) is 524 cm³/mol. The summed E-state index contributed by atoms with van der Waals surface area (Å²) in [5, 5.41) is 69.1. The maximum atomic E-state index is 15.2. The van der Waals surface area contributed by atoms with Gasteiger partial charge in [-0.25, -0.2) is 0 Å². The molecule has 25 N–H and O–H groups in total. The number of carboxylic acids is 1. The van der Waals surface area contributed by atoms with Gasteiger partial charge in [-0.1, -0.05) is 117 Å². The van der Waals surface area contributed by atoms with E-state index in [-0.39, 0.29) is 108 Å². The van der Waals surface area contributed by atoms with Crippen LogP contribution in [0, 0.1) is 23.7 Å². The SMILES string of the molecule is CCC(C)C[C@H](C)N[C@@H](CC(C)C)C(=O)N[C@@H](Cc1ccccc1)C(=O)N[C@H](C(=O)N[C@@H](CCC(=O)O)C(=O)N[C@@H](Cc1c[nH]c2ccccc12)C(=O)N[C@@H](CC(C)C)C(=O)N[C@@H](CCCCN)C(=O)N[C@@H](CC(N)=O)C(=O)NCC(=O)NCC(=O)N1CCCC1C(=O)NCC(=O)NC(CO)C(=O)NCC(=O)N[C@@H](C)C(=O)N1CCC[C@H]1C(=O)N1CCC[C@H]1C(=O)N1CCC[C@H]1C(=O)N[C@@H](CO)C(N)=O)C(C)CC. The zero-order chi connectivity index (χ0) is 106. The minimum atomic E-state index is -1.80. The number of aromatic nitrogens is 1. The van der Waals surface area contributed by atoms with E-state index in [0.717, 1.165) is 17.7 Å². The molecule has 7 rings (SSSR count). The Bertz CT molecular complexity index is 4960. The second-order valence-electron chi connectivity index (χ2n) is 38.5. The van der Waals surface area contributed by atoms with Crippen molar-refractivity contribution >= 4 is 135 Å². The van der Waals surface area contributed by atoms with Gasteiger partial charge in [0.2, 0.25) is 118 Å². The van der Waals surface area contributed by atoms with E-state index in [9.17, 15) is 106 Å². The summed E-state index contributed by atoms with van der Waals surface area (Å²) in [7, 11) is 0. The highest BCUT2D eigenvalue weighted by Gasteiger charge is 2.48. The average Bonchev–Trinajstić information content (AvgIpc) is 1.64. The van der Waals surface area contributed by atoms with E-state index < -0.39 is 279 Å². The normalized spacial score (nSPS) is 18.5. The lowest BCUT2D eigenvalue weighted by atomic mass is 9.95. The van der Waals surface area contributed by atoms with Crippen LogP contribution in [0.25, 0.3) is 10.9 Å². The van der Waals surface area contributed by atoms with Crippen molar-refractivity contribution in [3.8, 4) is 0 Å². The van der Waals surface area contributed by atoms with Crippen LogP contribution in [0.4, 0.5) is 0 Å². The first-order valence-electron chi connectivity index (χ1n) is 49.8. The maximum Gasteiger partial charge on any atom is 0.303 e. The molecule has 0 spiro atoms. The van der Waals surface area contributed by atoms with E-state index in [1.807, 2.05) is 20.8 Å². The molecule has 796 valence electrons. The van der Waals surface area contributed by atoms with Crippen LogP contribution in [0.15, 0.2) is 60.8 Å². The molecule has 0 aliphatic carbocycles. The minimum absolute atomic E-state index is 0.0163. The van der Waals surface area contributed by atoms with Gasteiger partial charge in [0.25, 0.3) is 0 Å². The summed E-state index contributed by atoms with van der Waals surface area (Å²) in [6, 6.07) is -3.86. The van der Waals surface area contributed by atoms with Crippen LogP contribution in [-0.4, -0.2) is 333 Å². The number of benzene rings is 2. The number of rotatable bonds is 59. The number of aromatic amines is 1. The summed E-state index contributed by atoms with van der Waals surface area (Å²) in [4.78, 5) is 298. The Morgan fingerprint density at radius 3 is 1.51 bits per heavy atom. The highest BCUT2D eigenvalue weighted by molar-refractivity contribution is 6.02. The van der Waals surface area contributed by atoms with E-state index in [1.54, 1.807) is 88.5 Å². The van der Waals surface area contributed by atoms with Crippen molar-refractivity contribution in [2.75, 3.05) is 72.1 Å². The van der Waals surface area contributed by atoms with Crippen molar-refractivity contribution in [1.82, 2.24) is 104 Å². The molecule has 2 aromatic carbocycles. The number of aliphatic hydroxyl groups excluding tert-OH is 2. The van der Waals surface area contributed by atoms with Crippen LogP contribution < -0.4 is 97.0 Å². The van der Waals surface area contributed by atoms with Gasteiger partial charge in [0.15, 0.2) is 0 Å². The lowest BCUT2D eigenvalue weighted by molar-refractivity contribution is -0.151. The van der Waals surface area contributed by atoms with Crippen molar-refractivity contribution in [3.63, 3.8) is 0 Å². The number of carbonyl (C=O) groups excluding carboxylic acids is 20. The van der Waals surface area contributed by atoms with Crippen LogP contribution in [0.5, 0.6) is 0 Å². The molecule has 20 amide bonds. The molecule has 47 nitrogen and oxygen atoms in total. The van der Waals surface area contributed by atoms with Crippen LogP contribution >= 0.6 is 0 Å². The number of para-hydroxylation sites is 1. The fraction of sp³-hybridized carbons (Fsp3) is 0.639.